The molecule has 0 aliphatic heterocycles. The number of nitrogens with zero attached hydrogens (tertiary/aromatic N) is 1. The number of benzene rings is 1. The van der Waals surface area contributed by atoms with E-state index in [1.807, 2.05) is 13.2 Å². The van der Waals surface area contributed by atoms with Gasteiger partial charge in [-0.05, 0) is 37.4 Å². The van der Waals surface area contributed by atoms with Crippen LogP contribution in [-0.2, 0) is 6.18 Å². The molecule has 0 unspecified atom stereocenters. The summed E-state index contributed by atoms with van der Waals surface area (Å²) in [6, 6.07) is 4.13. The molecular weight excluding hydrogens is 480 g/mol. The van der Waals surface area contributed by atoms with Crippen molar-refractivity contribution in [3.63, 3.8) is 0 Å². The van der Waals surface area contributed by atoms with E-state index in [0.29, 0.717) is 25.6 Å². The third-order valence-corrected chi connectivity index (χ3v) is 3.68. The lowest BCUT2D eigenvalue weighted by Gasteiger charge is -2.12. The van der Waals surface area contributed by atoms with Gasteiger partial charge in [0.15, 0.2) is 5.96 Å². The maximum absolute atomic E-state index is 12.5. The summed E-state index contributed by atoms with van der Waals surface area (Å²) in [6.45, 7) is 4.15. The Morgan fingerprint density at radius 1 is 1.12 bits per heavy atom. The van der Waals surface area contributed by atoms with E-state index in [1.165, 1.54) is 12.1 Å². The van der Waals surface area contributed by atoms with Gasteiger partial charge in [0, 0.05) is 31.0 Å². The summed E-state index contributed by atoms with van der Waals surface area (Å²) in [7, 11) is 0. The van der Waals surface area contributed by atoms with Gasteiger partial charge in [0.05, 0.1) is 12.1 Å². The Labute approximate surface area is 173 Å². The summed E-state index contributed by atoms with van der Waals surface area (Å²) in [4.78, 5) is 16.3. The fourth-order valence-electron chi connectivity index (χ4n) is 1.86. The van der Waals surface area contributed by atoms with Gasteiger partial charge in [0.1, 0.15) is 0 Å². The Morgan fingerprint density at radius 2 is 1.73 bits per heavy atom. The minimum absolute atomic E-state index is 0. The van der Waals surface area contributed by atoms with E-state index in [0.717, 1.165) is 24.4 Å². The Morgan fingerprint density at radius 3 is 2.27 bits per heavy atom. The number of carbonyl (C=O) groups is 1. The highest BCUT2D eigenvalue weighted by molar-refractivity contribution is 14.0. The van der Waals surface area contributed by atoms with E-state index in [-0.39, 0.29) is 29.5 Å². The lowest BCUT2D eigenvalue weighted by Crippen LogP contribution is -2.41. The molecule has 1 aromatic carbocycles. The Balaban J connectivity index is 0.00000625. The van der Waals surface area contributed by atoms with Crippen LogP contribution in [0.25, 0.3) is 0 Å². The second kappa shape index (κ2) is 13.1. The number of amides is 1. The number of rotatable bonds is 8. The molecule has 148 valence electrons. The van der Waals surface area contributed by atoms with Crippen molar-refractivity contribution in [2.75, 3.05) is 38.2 Å². The van der Waals surface area contributed by atoms with E-state index >= 15 is 0 Å². The molecule has 26 heavy (non-hydrogen) atoms. The van der Waals surface area contributed by atoms with Gasteiger partial charge in [0.25, 0.3) is 5.91 Å². The number of nitrogens with one attached hydrogen (secondary N) is 3. The minimum Gasteiger partial charge on any atom is -0.357 e. The summed E-state index contributed by atoms with van der Waals surface area (Å²) in [6.07, 6.45) is -2.40. The molecule has 0 aliphatic carbocycles. The zero-order chi connectivity index (χ0) is 18.7. The molecule has 0 fully saturated rings. The molecule has 0 aliphatic rings. The zero-order valence-corrected chi connectivity index (χ0v) is 17.8. The number of hydrogen-bond donors (Lipinski definition) is 3. The van der Waals surface area contributed by atoms with Gasteiger partial charge < -0.3 is 16.0 Å². The number of alkyl halides is 3. The molecule has 0 saturated heterocycles. The average molecular weight is 504 g/mol. The number of halogens is 4. The summed E-state index contributed by atoms with van der Waals surface area (Å²) in [5.74, 6) is 1.17. The first kappa shape index (κ1) is 24.8. The molecule has 5 nitrogen and oxygen atoms in total. The molecule has 1 amide bonds. The first-order valence-corrected chi connectivity index (χ1v) is 9.24. The lowest BCUT2D eigenvalue weighted by atomic mass is 10.1. The van der Waals surface area contributed by atoms with Crippen molar-refractivity contribution in [2.24, 2.45) is 4.99 Å². The predicted octanol–water partition coefficient (Wildman–Crippen LogP) is 2.97. The SMILES string of the molecule is CCNC(=NCCSC)NCCNC(=O)c1ccc(C(F)(F)F)cc1.I. The van der Waals surface area contributed by atoms with E-state index in [4.69, 9.17) is 0 Å². The quantitative estimate of drug-likeness (QED) is 0.221. The second-order valence-electron chi connectivity index (χ2n) is 5.01. The molecule has 0 radical (unpaired) electrons. The van der Waals surface area contributed by atoms with Gasteiger partial charge in [-0.15, -0.1) is 24.0 Å². The molecule has 0 bridgehead atoms. The van der Waals surface area contributed by atoms with Gasteiger partial charge in [-0.1, -0.05) is 0 Å². The molecule has 0 aromatic heterocycles. The molecule has 0 saturated carbocycles. The topological polar surface area (TPSA) is 65.5 Å². The van der Waals surface area contributed by atoms with Crippen molar-refractivity contribution in [2.45, 2.75) is 13.1 Å². The maximum Gasteiger partial charge on any atom is 0.416 e. The van der Waals surface area contributed by atoms with Gasteiger partial charge in [-0.3, -0.25) is 9.79 Å². The fourth-order valence-corrected chi connectivity index (χ4v) is 2.13. The van der Waals surface area contributed by atoms with Crippen molar-refractivity contribution in [3.05, 3.63) is 35.4 Å². The van der Waals surface area contributed by atoms with Crippen LogP contribution in [0.2, 0.25) is 0 Å². The van der Waals surface area contributed by atoms with Gasteiger partial charge in [0.2, 0.25) is 0 Å². The monoisotopic (exact) mass is 504 g/mol. The van der Waals surface area contributed by atoms with Gasteiger partial charge in [-0.2, -0.15) is 24.9 Å². The second-order valence-corrected chi connectivity index (χ2v) is 6.00. The smallest absolute Gasteiger partial charge is 0.357 e. The molecule has 3 N–H and O–H groups in total. The largest absolute Gasteiger partial charge is 0.416 e. The van der Waals surface area contributed by atoms with Crippen molar-refractivity contribution in [1.29, 1.82) is 0 Å². The predicted molar refractivity (Wildman–Crippen MR) is 112 cm³/mol. The van der Waals surface area contributed by atoms with E-state index in [2.05, 4.69) is 20.9 Å². The van der Waals surface area contributed by atoms with Crippen LogP contribution in [-0.4, -0.2) is 50.1 Å². The number of guanidine groups is 1. The third-order valence-electron chi connectivity index (χ3n) is 3.09. The van der Waals surface area contributed by atoms with E-state index in [1.54, 1.807) is 11.8 Å². The van der Waals surface area contributed by atoms with Crippen LogP contribution < -0.4 is 16.0 Å². The van der Waals surface area contributed by atoms with Crippen LogP contribution in [0.15, 0.2) is 29.3 Å². The summed E-state index contributed by atoms with van der Waals surface area (Å²) < 4.78 is 37.5. The van der Waals surface area contributed by atoms with Gasteiger partial charge >= 0.3 is 6.18 Å². The normalized spacial score (nSPS) is 11.5. The number of carbonyl (C=O) groups excluding carboxylic acids is 1. The minimum atomic E-state index is -4.41. The molecule has 0 spiro atoms. The fraction of sp³-hybridized carbons (Fsp3) is 0.500. The Bertz CT molecular complexity index is 568. The molecule has 1 rings (SSSR count). The van der Waals surface area contributed by atoms with Crippen molar-refractivity contribution >= 4 is 47.6 Å². The highest BCUT2D eigenvalue weighted by Gasteiger charge is 2.30. The van der Waals surface area contributed by atoms with Crippen molar-refractivity contribution in [1.82, 2.24) is 16.0 Å². The van der Waals surface area contributed by atoms with Crippen LogP contribution in [0.3, 0.4) is 0 Å². The molecule has 0 atom stereocenters. The molecule has 10 heteroatoms. The van der Waals surface area contributed by atoms with Crippen LogP contribution in [0.5, 0.6) is 0 Å². The van der Waals surface area contributed by atoms with Crippen LogP contribution in [0, 0.1) is 0 Å². The number of aliphatic imine (C=N–C) groups is 1. The van der Waals surface area contributed by atoms with Crippen molar-refractivity contribution in [3.8, 4) is 0 Å². The molecule has 0 heterocycles. The molecular formula is C16H24F3IN4OS. The maximum atomic E-state index is 12.5. The van der Waals surface area contributed by atoms with Crippen LogP contribution >= 0.6 is 35.7 Å². The first-order valence-electron chi connectivity index (χ1n) is 7.85. The van der Waals surface area contributed by atoms with Gasteiger partial charge in [-0.25, -0.2) is 0 Å². The lowest BCUT2D eigenvalue weighted by molar-refractivity contribution is -0.137. The van der Waals surface area contributed by atoms with Crippen LogP contribution in [0.1, 0.15) is 22.8 Å². The van der Waals surface area contributed by atoms with E-state index < -0.39 is 17.6 Å². The summed E-state index contributed by atoms with van der Waals surface area (Å²) in [5.41, 5.74) is -0.587. The molecule has 1 aromatic rings. The third kappa shape index (κ3) is 9.51. The van der Waals surface area contributed by atoms with E-state index in [9.17, 15) is 18.0 Å². The zero-order valence-electron chi connectivity index (χ0n) is 14.7. The average Bonchev–Trinajstić information content (AvgIpc) is 2.58. The first-order chi connectivity index (χ1) is 11.9. The van der Waals surface area contributed by atoms with Crippen molar-refractivity contribution < 1.29 is 18.0 Å². The summed E-state index contributed by atoms with van der Waals surface area (Å²) >= 11 is 1.70. The number of thioether (sulfide) groups is 1. The Kier molecular flexibility index (Phi) is 12.5. The highest BCUT2D eigenvalue weighted by Crippen LogP contribution is 2.28. The standard InChI is InChI=1S/C16H23F3N4OS.HI/c1-3-20-15(23-10-11-25-2)22-9-8-21-14(24)12-4-6-13(7-5-12)16(17,18)19;/h4-7H,3,8-11H2,1-2H3,(H,21,24)(H2,20,22,23);1H. The van der Waals surface area contributed by atoms with Crippen LogP contribution in [0.4, 0.5) is 13.2 Å². The Hall–Kier alpha value is -1.17. The number of hydrogen-bond acceptors (Lipinski definition) is 3. The highest BCUT2D eigenvalue weighted by atomic mass is 127. The summed E-state index contributed by atoms with van der Waals surface area (Å²) in [5, 5.41) is 8.83.